The molecule has 0 saturated heterocycles. The predicted molar refractivity (Wildman–Crippen MR) is 99.7 cm³/mol. The maximum absolute atomic E-state index is 13.2. The normalized spacial score (nSPS) is 11.6. The van der Waals surface area contributed by atoms with E-state index >= 15 is 0 Å². The number of esters is 1. The van der Waals surface area contributed by atoms with Crippen molar-refractivity contribution in [2.75, 3.05) is 14.2 Å². The van der Waals surface area contributed by atoms with Crippen molar-refractivity contribution < 1.29 is 23.5 Å². The zero-order chi connectivity index (χ0) is 19.6. The molecule has 2 aromatic carbocycles. The molecule has 6 nitrogen and oxygen atoms in total. The van der Waals surface area contributed by atoms with E-state index in [-0.39, 0.29) is 21.9 Å². The highest BCUT2D eigenvalue weighted by molar-refractivity contribution is 7.16. The summed E-state index contributed by atoms with van der Waals surface area (Å²) >= 11 is 7.15. The maximum Gasteiger partial charge on any atom is 0.325 e. The molecule has 140 valence electrons. The zero-order valence-electron chi connectivity index (χ0n) is 14.4. The average molecular weight is 409 g/mol. The quantitative estimate of drug-likeness (QED) is 0.620. The Balaban J connectivity index is 2.15. The molecular weight excluding hydrogens is 395 g/mol. The van der Waals surface area contributed by atoms with Gasteiger partial charge in [-0.25, -0.2) is 4.39 Å². The molecule has 0 aliphatic heterocycles. The minimum Gasteiger partial charge on any atom is -0.497 e. The Morgan fingerprint density at radius 3 is 2.67 bits per heavy atom. The molecule has 0 N–H and O–H groups in total. The van der Waals surface area contributed by atoms with Crippen LogP contribution in [0, 0.1) is 5.82 Å². The van der Waals surface area contributed by atoms with Gasteiger partial charge in [0, 0.05) is 0 Å². The van der Waals surface area contributed by atoms with E-state index in [1.165, 1.54) is 24.5 Å². The lowest BCUT2D eigenvalue weighted by atomic mass is 10.2. The first-order valence-corrected chi connectivity index (χ1v) is 8.90. The van der Waals surface area contributed by atoms with Gasteiger partial charge in [0.05, 0.1) is 35.0 Å². The number of fused-ring (bicyclic) bond motifs is 1. The molecule has 1 amide bonds. The molecule has 0 bridgehead atoms. The lowest BCUT2D eigenvalue weighted by molar-refractivity contribution is -0.141. The van der Waals surface area contributed by atoms with Crippen LogP contribution in [-0.2, 0) is 16.1 Å². The maximum atomic E-state index is 13.2. The van der Waals surface area contributed by atoms with Gasteiger partial charge in [-0.1, -0.05) is 22.9 Å². The van der Waals surface area contributed by atoms with Gasteiger partial charge in [0.15, 0.2) is 4.80 Å². The van der Waals surface area contributed by atoms with E-state index in [0.29, 0.717) is 11.3 Å². The molecule has 0 aliphatic carbocycles. The second-order valence-electron chi connectivity index (χ2n) is 5.42. The third kappa shape index (κ3) is 4.01. The van der Waals surface area contributed by atoms with Crippen molar-refractivity contribution in [3.8, 4) is 5.75 Å². The van der Waals surface area contributed by atoms with Crippen LogP contribution in [-0.4, -0.2) is 30.7 Å². The Morgan fingerprint density at radius 1 is 1.22 bits per heavy atom. The summed E-state index contributed by atoms with van der Waals surface area (Å²) in [5.74, 6) is -1.05. The van der Waals surface area contributed by atoms with Crippen LogP contribution in [0.4, 0.5) is 4.39 Å². The molecule has 0 fully saturated rings. The molecule has 3 aromatic rings. The Hall–Kier alpha value is -2.71. The number of ether oxygens (including phenoxy) is 2. The molecule has 0 radical (unpaired) electrons. The number of hydrogen-bond donors (Lipinski definition) is 0. The zero-order valence-corrected chi connectivity index (χ0v) is 15.9. The summed E-state index contributed by atoms with van der Waals surface area (Å²) in [6, 6.07) is 8.73. The summed E-state index contributed by atoms with van der Waals surface area (Å²) in [5, 5.41) is -0.0361. The lowest BCUT2D eigenvalue weighted by Gasteiger charge is -2.04. The van der Waals surface area contributed by atoms with Gasteiger partial charge in [0.25, 0.3) is 5.91 Å². The summed E-state index contributed by atoms with van der Waals surface area (Å²) in [6.07, 6.45) is 0. The number of methoxy groups -OCH3 is 2. The third-order valence-corrected chi connectivity index (χ3v) is 5.12. The third-order valence-electron chi connectivity index (χ3n) is 3.76. The smallest absolute Gasteiger partial charge is 0.325 e. The van der Waals surface area contributed by atoms with E-state index in [1.54, 1.807) is 29.9 Å². The first-order valence-electron chi connectivity index (χ1n) is 7.71. The number of nitrogens with zero attached hydrogens (tertiary/aromatic N) is 2. The van der Waals surface area contributed by atoms with Crippen molar-refractivity contribution >= 4 is 45.0 Å². The van der Waals surface area contributed by atoms with Crippen LogP contribution >= 0.6 is 22.9 Å². The van der Waals surface area contributed by atoms with Gasteiger partial charge in [-0.15, -0.1) is 0 Å². The fourth-order valence-electron chi connectivity index (χ4n) is 2.42. The first-order chi connectivity index (χ1) is 12.9. The number of hydrogen-bond acceptors (Lipinski definition) is 5. The topological polar surface area (TPSA) is 69.9 Å². The fraction of sp³-hybridized carbons (Fsp3) is 0.167. The van der Waals surface area contributed by atoms with Gasteiger partial charge in [-0.05, 0) is 36.4 Å². The average Bonchev–Trinajstić information content (AvgIpc) is 2.97. The SMILES string of the molecule is COC(=O)Cn1c(=NC(=O)c2ccc(F)cc2Cl)sc2cc(OC)ccc21. The van der Waals surface area contributed by atoms with Crippen LogP contribution in [0.5, 0.6) is 5.75 Å². The first kappa shape index (κ1) is 19.1. The molecule has 27 heavy (non-hydrogen) atoms. The minimum atomic E-state index is -0.642. The van der Waals surface area contributed by atoms with Crippen molar-refractivity contribution in [2.45, 2.75) is 6.54 Å². The Kier molecular flexibility index (Phi) is 5.57. The molecule has 1 heterocycles. The van der Waals surface area contributed by atoms with Crippen LogP contribution in [0.15, 0.2) is 41.4 Å². The molecule has 0 spiro atoms. The standard InChI is InChI=1S/C18H14ClFN2O4S/c1-25-11-4-6-14-15(8-11)27-18(22(14)9-16(23)26-2)21-17(24)12-5-3-10(20)7-13(12)19/h3-8H,9H2,1-2H3. The number of thiazole rings is 1. The number of aromatic nitrogens is 1. The Bertz CT molecular complexity index is 1110. The summed E-state index contributed by atoms with van der Waals surface area (Å²) in [7, 11) is 2.82. The van der Waals surface area contributed by atoms with Gasteiger partial charge in [0.2, 0.25) is 0 Å². The molecule has 1 aromatic heterocycles. The van der Waals surface area contributed by atoms with E-state index in [1.807, 2.05) is 0 Å². The second-order valence-corrected chi connectivity index (χ2v) is 6.84. The van der Waals surface area contributed by atoms with Crippen molar-refractivity contribution in [2.24, 2.45) is 4.99 Å². The largest absolute Gasteiger partial charge is 0.497 e. The van der Waals surface area contributed by atoms with Gasteiger partial charge in [0.1, 0.15) is 18.1 Å². The van der Waals surface area contributed by atoms with Gasteiger partial charge < -0.3 is 14.0 Å². The Morgan fingerprint density at radius 2 is 2.00 bits per heavy atom. The number of carbonyl (C=O) groups excluding carboxylic acids is 2. The summed E-state index contributed by atoms with van der Waals surface area (Å²) in [5.41, 5.74) is 0.765. The summed E-state index contributed by atoms with van der Waals surface area (Å²) in [4.78, 5) is 28.7. The summed E-state index contributed by atoms with van der Waals surface area (Å²) in [6.45, 7) is -0.119. The van der Waals surface area contributed by atoms with Crippen LogP contribution in [0.1, 0.15) is 10.4 Å². The molecule has 9 heteroatoms. The summed E-state index contributed by atoms with van der Waals surface area (Å²) < 4.78 is 25.5. The Labute approximate surface area is 162 Å². The van der Waals surface area contributed by atoms with E-state index in [2.05, 4.69) is 4.99 Å². The fourth-order valence-corrected chi connectivity index (χ4v) is 3.73. The highest BCUT2D eigenvalue weighted by atomic mass is 35.5. The number of benzene rings is 2. The van der Waals surface area contributed by atoms with E-state index in [0.717, 1.165) is 16.8 Å². The van der Waals surface area contributed by atoms with Crippen molar-refractivity contribution in [3.05, 3.63) is 57.6 Å². The molecular formula is C18H14ClFN2O4S. The highest BCUT2D eigenvalue weighted by Crippen LogP contribution is 2.24. The minimum absolute atomic E-state index is 0.0361. The van der Waals surface area contributed by atoms with Crippen LogP contribution in [0.25, 0.3) is 10.2 Å². The van der Waals surface area contributed by atoms with Gasteiger partial charge in [-0.3, -0.25) is 9.59 Å². The van der Waals surface area contributed by atoms with Crippen molar-refractivity contribution in [1.29, 1.82) is 0 Å². The van der Waals surface area contributed by atoms with Gasteiger partial charge >= 0.3 is 5.97 Å². The molecule has 0 aliphatic rings. The van der Waals surface area contributed by atoms with Crippen LogP contribution in [0.3, 0.4) is 0 Å². The van der Waals surface area contributed by atoms with Crippen molar-refractivity contribution in [1.82, 2.24) is 4.57 Å². The lowest BCUT2D eigenvalue weighted by Crippen LogP contribution is -2.22. The predicted octanol–water partition coefficient (Wildman–Crippen LogP) is 3.42. The number of amides is 1. The van der Waals surface area contributed by atoms with Crippen LogP contribution < -0.4 is 9.54 Å². The van der Waals surface area contributed by atoms with E-state index < -0.39 is 17.7 Å². The van der Waals surface area contributed by atoms with E-state index in [4.69, 9.17) is 21.1 Å². The molecule has 0 atom stereocenters. The van der Waals surface area contributed by atoms with Crippen LogP contribution in [0.2, 0.25) is 5.02 Å². The molecule has 0 unspecified atom stereocenters. The van der Waals surface area contributed by atoms with Crippen molar-refractivity contribution in [3.63, 3.8) is 0 Å². The van der Waals surface area contributed by atoms with E-state index in [9.17, 15) is 14.0 Å². The second kappa shape index (κ2) is 7.89. The number of halogens is 2. The number of rotatable bonds is 4. The number of carbonyl (C=O) groups is 2. The molecule has 3 rings (SSSR count). The van der Waals surface area contributed by atoms with Gasteiger partial charge in [-0.2, -0.15) is 4.99 Å². The highest BCUT2D eigenvalue weighted by Gasteiger charge is 2.15. The molecule has 0 saturated carbocycles. The monoisotopic (exact) mass is 408 g/mol.